The molecule has 1 heterocycles. The lowest BCUT2D eigenvalue weighted by atomic mass is 10.2. The van der Waals surface area contributed by atoms with Gasteiger partial charge in [-0.2, -0.15) is 0 Å². The van der Waals surface area contributed by atoms with Crippen LogP contribution in [0.25, 0.3) is 0 Å². The monoisotopic (exact) mass is 229 g/mol. The van der Waals surface area contributed by atoms with Gasteiger partial charge in [-0.15, -0.1) is 0 Å². The molecule has 0 radical (unpaired) electrons. The van der Waals surface area contributed by atoms with Crippen LogP contribution < -0.4 is 5.32 Å². The van der Waals surface area contributed by atoms with Crippen molar-refractivity contribution >= 4 is 6.03 Å². The number of carbonyl (C=O) groups excluding carboxylic acids is 1. The molecule has 0 saturated carbocycles. The van der Waals surface area contributed by atoms with Gasteiger partial charge >= 0.3 is 6.03 Å². The summed E-state index contributed by atoms with van der Waals surface area (Å²) in [5, 5.41) is 2.92. The van der Waals surface area contributed by atoms with E-state index in [9.17, 15) is 4.79 Å². The average molecular weight is 229 g/mol. The molecule has 0 aromatic rings. The quantitative estimate of drug-likeness (QED) is 0.708. The first-order chi connectivity index (χ1) is 7.65. The maximum atomic E-state index is 11.8. The van der Waals surface area contributed by atoms with E-state index in [2.05, 4.69) is 24.2 Å². The minimum Gasteiger partial charge on any atom is -0.385 e. The standard InChI is InChI=1S/C11H23N3O2/c1-10-9-13(2)6-7-14(10)11(15)12-5-4-8-16-3/h10H,4-9H2,1-3H3,(H,12,15). The average Bonchev–Trinajstić information content (AvgIpc) is 2.24. The number of carbonyl (C=O) groups is 1. The third-order valence-corrected chi connectivity index (χ3v) is 2.89. The molecule has 5 heteroatoms. The predicted octanol–water partition coefficient (Wildman–Crippen LogP) is 0.368. The van der Waals surface area contributed by atoms with Crippen LogP contribution in [-0.4, -0.2) is 68.8 Å². The summed E-state index contributed by atoms with van der Waals surface area (Å²) in [6.07, 6.45) is 0.865. The molecule has 0 spiro atoms. The van der Waals surface area contributed by atoms with Crippen molar-refractivity contribution in [3.8, 4) is 0 Å². The van der Waals surface area contributed by atoms with Crippen LogP contribution in [0.4, 0.5) is 4.79 Å². The van der Waals surface area contributed by atoms with Gasteiger partial charge in [-0.25, -0.2) is 4.79 Å². The molecule has 1 atom stereocenters. The van der Waals surface area contributed by atoms with E-state index in [4.69, 9.17) is 4.74 Å². The van der Waals surface area contributed by atoms with Gasteiger partial charge in [-0.3, -0.25) is 0 Å². The number of rotatable bonds is 4. The highest BCUT2D eigenvalue weighted by Gasteiger charge is 2.25. The molecule has 0 aromatic carbocycles. The zero-order valence-corrected chi connectivity index (χ0v) is 10.5. The third-order valence-electron chi connectivity index (χ3n) is 2.89. The lowest BCUT2D eigenvalue weighted by Crippen LogP contribution is -2.55. The first-order valence-electron chi connectivity index (χ1n) is 5.87. The summed E-state index contributed by atoms with van der Waals surface area (Å²) in [6.45, 7) is 6.18. The number of hydrogen-bond donors (Lipinski definition) is 1. The minimum absolute atomic E-state index is 0.0525. The first kappa shape index (κ1) is 13.3. The van der Waals surface area contributed by atoms with Crippen molar-refractivity contribution in [2.75, 3.05) is 46.9 Å². The number of amides is 2. The number of hydrogen-bond acceptors (Lipinski definition) is 3. The summed E-state index contributed by atoms with van der Waals surface area (Å²) >= 11 is 0. The van der Waals surface area contributed by atoms with Gasteiger partial charge in [0.05, 0.1) is 0 Å². The summed E-state index contributed by atoms with van der Waals surface area (Å²) in [7, 11) is 3.76. The van der Waals surface area contributed by atoms with Crippen LogP contribution in [-0.2, 0) is 4.74 Å². The summed E-state index contributed by atoms with van der Waals surface area (Å²) in [5.74, 6) is 0. The van der Waals surface area contributed by atoms with Crippen molar-refractivity contribution in [2.24, 2.45) is 0 Å². The molecular weight excluding hydrogens is 206 g/mol. The van der Waals surface area contributed by atoms with E-state index in [1.54, 1.807) is 7.11 Å². The van der Waals surface area contributed by atoms with Crippen LogP contribution in [0.3, 0.4) is 0 Å². The summed E-state index contributed by atoms with van der Waals surface area (Å²) in [5.41, 5.74) is 0. The maximum Gasteiger partial charge on any atom is 0.317 e. The van der Waals surface area contributed by atoms with Gasteiger partial charge < -0.3 is 19.9 Å². The number of nitrogens with one attached hydrogen (secondary N) is 1. The largest absolute Gasteiger partial charge is 0.385 e. The lowest BCUT2D eigenvalue weighted by Gasteiger charge is -2.38. The zero-order chi connectivity index (χ0) is 12.0. The van der Waals surface area contributed by atoms with Gasteiger partial charge in [0, 0.05) is 45.9 Å². The van der Waals surface area contributed by atoms with Crippen molar-refractivity contribution in [1.29, 1.82) is 0 Å². The zero-order valence-electron chi connectivity index (χ0n) is 10.5. The summed E-state index contributed by atoms with van der Waals surface area (Å²) in [4.78, 5) is 16.0. The molecule has 0 aromatic heterocycles. The Hall–Kier alpha value is -0.810. The Bertz CT molecular complexity index is 223. The van der Waals surface area contributed by atoms with Gasteiger partial charge in [0.25, 0.3) is 0 Å². The highest BCUT2D eigenvalue weighted by molar-refractivity contribution is 5.74. The van der Waals surface area contributed by atoms with Crippen LogP contribution in [0.2, 0.25) is 0 Å². The second-order valence-electron chi connectivity index (χ2n) is 4.38. The van der Waals surface area contributed by atoms with Gasteiger partial charge in [0.1, 0.15) is 0 Å². The molecule has 1 fully saturated rings. The van der Waals surface area contributed by atoms with Gasteiger partial charge in [0.2, 0.25) is 0 Å². The molecule has 1 unspecified atom stereocenters. The molecule has 0 aliphatic carbocycles. The highest BCUT2D eigenvalue weighted by atomic mass is 16.5. The Morgan fingerprint density at radius 2 is 2.25 bits per heavy atom. The second kappa shape index (κ2) is 6.70. The minimum atomic E-state index is 0.0525. The maximum absolute atomic E-state index is 11.8. The second-order valence-corrected chi connectivity index (χ2v) is 4.38. The molecule has 1 saturated heterocycles. The van der Waals surface area contributed by atoms with E-state index in [0.717, 1.165) is 26.1 Å². The Morgan fingerprint density at radius 3 is 2.88 bits per heavy atom. The molecular formula is C11H23N3O2. The van der Waals surface area contributed by atoms with Gasteiger partial charge in [0.15, 0.2) is 0 Å². The fourth-order valence-corrected chi connectivity index (χ4v) is 1.95. The molecule has 1 aliphatic heterocycles. The number of methoxy groups -OCH3 is 1. The van der Waals surface area contributed by atoms with Crippen LogP contribution in [0, 0.1) is 0 Å². The van der Waals surface area contributed by atoms with E-state index >= 15 is 0 Å². The van der Waals surface area contributed by atoms with E-state index in [-0.39, 0.29) is 6.03 Å². The Labute approximate surface area is 97.7 Å². The number of nitrogens with zero attached hydrogens (tertiary/aromatic N) is 2. The van der Waals surface area contributed by atoms with Gasteiger partial charge in [-0.1, -0.05) is 0 Å². The van der Waals surface area contributed by atoms with Crippen molar-refractivity contribution in [1.82, 2.24) is 15.1 Å². The fourth-order valence-electron chi connectivity index (χ4n) is 1.95. The Balaban J connectivity index is 2.25. The third kappa shape index (κ3) is 3.98. The predicted molar refractivity (Wildman–Crippen MR) is 63.6 cm³/mol. The van der Waals surface area contributed by atoms with Crippen molar-refractivity contribution in [2.45, 2.75) is 19.4 Å². The van der Waals surface area contributed by atoms with Crippen LogP contribution in [0.15, 0.2) is 0 Å². The fraction of sp³-hybridized carbons (Fsp3) is 0.909. The van der Waals surface area contributed by atoms with Crippen molar-refractivity contribution in [3.05, 3.63) is 0 Å². The van der Waals surface area contributed by atoms with E-state index < -0.39 is 0 Å². The molecule has 1 N–H and O–H groups in total. The van der Waals surface area contributed by atoms with Crippen LogP contribution in [0.1, 0.15) is 13.3 Å². The molecule has 16 heavy (non-hydrogen) atoms. The first-order valence-corrected chi connectivity index (χ1v) is 5.87. The number of piperazine rings is 1. The molecule has 2 amide bonds. The normalized spacial score (nSPS) is 22.2. The number of likely N-dealkylation sites (N-methyl/N-ethyl adjacent to an activating group) is 1. The SMILES string of the molecule is COCCCNC(=O)N1CCN(C)CC1C. The van der Waals surface area contributed by atoms with Crippen molar-refractivity contribution < 1.29 is 9.53 Å². The topological polar surface area (TPSA) is 44.8 Å². The van der Waals surface area contributed by atoms with E-state index in [1.807, 2.05) is 4.90 Å². The molecule has 0 bridgehead atoms. The van der Waals surface area contributed by atoms with E-state index in [0.29, 0.717) is 19.2 Å². The van der Waals surface area contributed by atoms with Gasteiger partial charge in [-0.05, 0) is 20.4 Å². The highest BCUT2D eigenvalue weighted by Crippen LogP contribution is 2.07. The Morgan fingerprint density at radius 1 is 1.50 bits per heavy atom. The molecule has 1 rings (SSSR count). The lowest BCUT2D eigenvalue weighted by molar-refractivity contribution is 0.116. The van der Waals surface area contributed by atoms with Crippen LogP contribution in [0.5, 0.6) is 0 Å². The molecule has 5 nitrogen and oxygen atoms in total. The molecule has 94 valence electrons. The van der Waals surface area contributed by atoms with Crippen molar-refractivity contribution in [3.63, 3.8) is 0 Å². The Kier molecular flexibility index (Phi) is 5.55. The molecule has 1 aliphatic rings. The van der Waals surface area contributed by atoms with Crippen LogP contribution >= 0.6 is 0 Å². The summed E-state index contributed by atoms with van der Waals surface area (Å²) in [6, 6.07) is 0.345. The van der Waals surface area contributed by atoms with E-state index in [1.165, 1.54) is 0 Å². The number of urea groups is 1. The smallest absolute Gasteiger partial charge is 0.317 e. The summed E-state index contributed by atoms with van der Waals surface area (Å²) < 4.78 is 4.93. The number of ether oxygens (including phenoxy) is 1.